The molecule has 2 aliphatic rings. The number of carbonyl (C=O) groups is 1. The Labute approximate surface area is 183 Å². The lowest BCUT2D eigenvalue weighted by Gasteiger charge is -2.37. The van der Waals surface area contributed by atoms with Crippen LogP contribution in [0.2, 0.25) is 0 Å². The van der Waals surface area contributed by atoms with Crippen LogP contribution in [0.25, 0.3) is 0 Å². The molecule has 1 aliphatic carbocycles. The maximum Gasteiger partial charge on any atom is 0.243 e. The molecule has 1 aliphatic heterocycles. The van der Waals surface area contributed by atoms with Crippen molar-refractivity contribution in [1.82, 2.24) is 9.21 Å². The highest BCUT2D eigenvalue weighted by Crippen LogP contribution is 2.32. The zero-order valence-corrected chi connectivity index (χ0v) is 18.5. The van der Waals surface area contributed by atoms with E-state index in [2.05, 4.69) is 4.90 Å². The third-order valence-electron chi connectivity index (χ3n) is 6.28. The number of amides is 1. The Kier molecular flexibility index (Phi) is 6.29. The Balaban J connectivity index is 1.53. The number of anilines is 1. The van der Waals surface area contributed by atoms with E-state index in [9.17, 15) is 13.2 Å². The Hall–Kier alpha value is -2.45. The fraction of sp³-hybridized carbons (Fsp3) is 0.435. The molecule has 6 nitrogen and oxygen atoms in total. The molecule has 1 heterocycles. The van der Waals surface area contributed by atoms with E-state index in [0.29, 0.717) is 31.7 Å². The van der Waals surface area contributed by atoms with Gasteiger partial charge >= 0.3 is 0 Å². The lowest BCUT2D eigenvalue weighted by atomic mass is 9.93. The van der Waals surface area contributed by atoms with E-state index in [-0.39, 0.29) is 23.4 Å². The molecule has 1 amide bonds. The van der Waals surface area contributed by atoms with E-state index in [1.165, 1.54) is 10.4 Å². The van der Waals surface area contributed by atoms with Gasteiger partial charge in [0.2, 0.25) is 15.9 Å². The van der Waals surface area contributed by atoms with Crippen LogP contribution in [-0.2, 0) is 21.4 Å². The average Bonchev–Trinajstić information content (AvgIpc) is 2.74. The van der Waals surface area contributed by atoms with Crippen LogP contribution in [0.5, 0.6) is 0 Å². The largest absolute Gasteiger partial charge is 0.368 e. The van der Waals surface area contributed by atoms with Gasteiger partial charge in [-0.2, -0.15) is 4.31 Å². The Morgan fingerprint density at radius 3 is 2.29 bits per heavy atom. The number of rotatable bonds is 6. The zero-order valence-electron chi connectivity index (χ0n) is 17.7. The summed E-state index contributed by atoms with van der Waals surface area (Å²) in [6, 6.07) is 13.3. The molecule has 0 N–H and O–H groups in total. The van der Waals surface area contributed by atoms with E-state index < -0.39 is 15.8 Å². The molecule has 0 unspecified atom stereocenters. The van der Waals surface area contributed by atoms with Gasteiger partial charge in [-0.1, -0.05) is 30.7 Å². The maximum absolute atomic E-state index is 15.0. The first-order valence-corrected chi connectivity index (χ1v) is 12.2. The second-order valence-electron chi connectivity index (χ2n) is 8.22. The first kappa shape index (κ1) is 21.8. The second-order valence-corrected chi connectivity index (χ2v) is 10.1. The number of nitrogens with zero attached hydrogens (tertiary/aromatic N) is 3. The van der Waals surface area contributed by atoms with E-state index in [0.717, 1.165) is 24.9 Å². The fourth-order valence-corrected chi connectivity index (χ4v) is 5.81. The maximum atomic E-state index is 15.0. The topological polar surface area (TPSA) is 60.9 Å². The monoisotopic (exact) mass is 445 g/mol. The summed E-state index contributed by atoms with van der Waals surface area (Å²) in [5.41, 5.74) is 1.13. The van der Waals surface area contributed by atoms with E-state index in [1.54, 1.807) is 48.2 Å². The second kappa shape index (κ2) is 8.96. The van der Waals surface area contributed by atoms with Crippen LogP contribution in [-0.4, -0.2) is 55.8 Å². The SMILES string of the molecule is CC(=O)N1CCN(c2ccc(CN(C3CCC3)S(=O)(=O)c3ccccc3)c(F)c2)CC1. The lowest BCUT2D eigenvalue weighted by molar-refractivity contribution is -0.129. The highest BCUT2D eigenvalue weighted by atomic mass is 32.2. The van der Waals surface area contributed by atoms with Crippen molar-refractivity contribution in [3.63, 3.8) is 0 Å². The minimum atomic E-state index is -3.70. The van der Waals surface area contributed by atoms with Gasteiger partial charge in [0.05, 0.1) is 4.90 Å². The average molecular weight is 446 g/mol. The number of sulfonamides is 1. The highest BCUT2D eigenvalue weighted by molar-refractivity contribution is 7.89. The van der Waals surface area contributed by atoms with Crippen LogP contribution < -0.4 is 4.90 Å². The predicted octanol–water partition coefficient (Wildman–Crippen LogP) is 3.24. The molecule has 166 valence electrons. The summed E-state index contributed by atoms with van der Waals surface area (Å²) in [6.45, 7) is 4.10. The molecule has 0 bridgehead atoms. The molecule has 2 aromatic rings. The van der Waals surface area contributed by atoms with Gasteiger partial charge in [0.25, 0.3) is 0 Å². The van der Waals surface area contributed by atoms with Gasteiger partial charge in [-0.05, 0) is 37.1 Å². The molecule has 0 aromatic heterocycles. The molecule has 2 aromatic carbocycles. The van der Waals surface area contributed by atoms with Crippen molar-refractivity contribution in [1.29, 1.82) is 0 Å². The van der Waals surface area contributed by atoms with Gasteiger partial charge < -0.3 is 9.80 Å². The molecule has 4 rings (SSSR count). The first-order chi connectivity index (χ1) is 14.9. The molecule has 0 spiro atoms. The molecule has 0 atom stereocenters. The normalized spacial score (nSPS) is 17.6. The van der Waals surface area contributed by atoms with Gasteiger partial charge in [0, 0.05) is 56.9 Å². The van der Waals surface area contributed by atoms with Crippen molar-refractivity contribution in [2.75, 3.05) is 31.1 Å². The fourth-order valence-electron chi connectivity index (χ4n) is 4.12. The minimum absolute atomic E-state index is 0.0200. The van der Waals surface area contributed by atoms with Crippen LogP contribution in [0.3, 0.4) is 0 Å². The number of carbonyl (C=O) groups excluding carboxylic acids is 1. The van der Waals surface area contributed by atoms with Gasteiger partial charge in [-0.3, -0.25) is 4.79 Å². The summed E-state index contributed by atoms with van der Waals surface area (Å²) in [4.78, 5) is 15.6. The number of piperazine rings is 1. The van der Waals surface area contributed by atoms with Crippen LogP contribution in [0.4, 0.5) is 10.1 Å². The molecule has 1 saturated heterocycles. The standard InChI is InChI=1S/C23H28FN3O3S/c1-18(28)25-12-14-26(15-13-25)21-11-10-19(23(24)16-21)17-27(20-6-5-7-20)31(29,30)22-8-3-2-4-9-22/h2-4,8-11,16,20H,5-7,12-15,17H2,1H3. The molecule has 31 heavy (non-hydrogen) atoms. The zero-order chi connectivity index (χ0) is 22.0. The number of hydrogen-bond acceptors (Lipinski definition) is 4. The van der Waals surface area contributed by atoms with E-state index in [4.69, 9.17) is 0 Å². The minimum Gasteiger partial charge on any atom is -0.368 e. The van der Waals surface area contributed by atoms with Crippen LogP contribution in [0, 0.1) is 5.82 Å². The molecule has 1 saturated carbocycles. The summed E-state index contributed by atoms with van der Waals surface area (Å²) in [5, 5.41) is 0. The summed E-state index contributed by atoms with van der Waals surface area (Å²) in [6.07, 6.45) is 2.58. The summed E-state index contributed by atoms with van der Waals surface area (Å²) < 4.78 is 43.0. The Morgan fingerprint density at radius 1 is 1.06 bits per heavy atom. The van der Waals surface area contributed by atoms with Crippen molar-refractivity contribution < 1.29 is 17.6 Å². The summed E-state index contributed by atoms with van der Waals surface area (Å²) in [7, 11) is -3.70. The van der Waals surface area contributed by atoms with E-state index in [1.807, 2.05) is 6.07 Å². The summed E-state index contributed by atoms with van der Waals surface area (Å²) in [5.74, 6) is -0.351. The third kappa shape index (κ3) is 4.60. The van der Waals surface area contributed by atoms with Crippen molar-refractivity contribution in [2.45, 2.75) is 43.7 Å². The Morgan fingerprint density at radius 2 is 1.74 bits per heavy atom. The first-order valence-electron chi connectivity index (χ1n) is 10.7. The molecular weight excluding hydrogens is 417 g/mol. The molecular formula is C23H28FN3O3S. The molecule has 2 fully saturated rings. The smallest absolute Gasteiger partial charge is 0.243 e. The van der Waals surface area contributed by atoms with Gasteiger partial charge in [-0.15, -0.1) is 0 Å². The van der Waals surface area contributed by atoms with E-state index >= 15 is 4.39 Å². The van der Waals surface area contributed by atoms with Crippen LogP contribution in [0.15, 0.2) is 53.4 Å². The lowest BCUT2D eigenvalue weighted by Crippen LogP contribution is -2.48. The van der Waals surface area contributed by atoms with Gasteiger partial charge in [0.15, 0.2) is 0 Å². The predicted molar refractivity (Wildman–Crippen MR) is 118 cm³/mol. The highest BCUT2D eigenvalue weighted by Gasteiger charge is 2.35. The van der Waals surface area contributed by atoms with Crippen molar-refractivity contribution >= 4 is 21.6 Å². The van der Waals surface area contributed by atoms with Crippen LogP contribution >= 0.6 is 0 Å². The van der Waals surface area contributed by atoms with Crippen molar-refractivity contribution in [3.8, 4) is 0 Å². The van der Waals surface area contributed by atoms with Crippen LogP contribution in [0.1, 0.15) is 31.7 Å². The Bertz CT molecular complexity index is 1030. The molecule has 8 heteroatoms. The van der Waals surface area contributed by atoms with Gasteiger partial charge in [0.1, 0.15) is 5.82 Å². The quantitative estimate of drug-likeness (QED) is 0.685. The van der Waals surface area contributed by atoms with Crippen molar-refractivity contribution in [2.24, 2.45) is 0 Å². The summed E-state index contributed by atoms with van der Waals surface area (Å²) >= 11 is 0. The number of halogens is 1. The van der Waals surface area contributed by atoms with Gasteiger partial charge in [-0.25, -0.2) is 12.8 Å². The van der Waals surface area contributed by atoms with Crippen molar-refractivity contribution in [3.05, 3.63) is 59.9 Å². The molecule has 0 radical (unpaired) electrons. The third-order valence-corrected chi connectivity index (χ3v) is 8.20. The number of benzene rings is 2. The number of hydrogen-bond donors (Lipinski definition) is 0.